The molecule has 110 valence electrons. The number of nitrogens with one attached hydrogen (secondary N) is 1. The Balaban J connectivity index is 2.98. The van der Waals surface area contributed by atoms with Gasteiger partial charge in [0.15, 0.2) is 0 Å². The number of benzene rings is 1. The van der Waals surface area contributed by atoms with E-state index in [9.17, 15) is 27.7 Å². The van der Waals surface area contributed by atoms with Crippen molar-refractivity contribution in [3.05, 3.63) is 39.7 Å². The fourth-order valence-electron chi connectivity index (χ4n) is 1.65. The van der Waals surface area contributed by atoms with Crippen molar-refractivity contribution in [1.82, 2.24) is 5.32 Å². The quantitative estimate of drug-likeness (QED) is 0.642. The number of rotatable bonds is 5. The number of sulfone groups is 1. The van der Waals surface area contributed by atoms with Gasteiger partial charge in [-0.1, -0.05) is 0 Å². The number of halogens is 1. The van der Waals surface area contributed by atoms with Crippen LogP contribution in [0.5, 0.6) is 0 Å². The van der Waals surface area contributed by atoms with Crippen molar-refractivity contribution >= 4 is 21.4 Å². The fourth-order valence-corrected chi connectivity index (χ4v) is 2.64. The number of carbonyl (C=O) groups is 1. The van der Waals surface area contributed by atoms with E-state index in [2.05, 4.69) is 5.32 Å². The van der Waals surface area contributed by atoms with Crippen molar-refractivity contribution in [2.24, 2.45) is 0 Å². The van der Waals surface area contributed by atoms with Gasteiger partial charge in [-0.05, 0) is 19.1 Å². The molecule has 20 heavy (non-hydrogen) atoms. The lowest BCUT2D eigenvalue weighted by Crippen LogP contribution is -2.37. The van der Waals surface area contributed by atoms with Crippen molar-refractivity contribution in [1.29, 1.82) is 0 Å². The molecule has 1 rings (SSSR count). The summed E-state index contributed by atoms with van der Waals surface area (Å²) in [6.07, 6.45) is 1.00. The highest BCUT2D eigenvalue weighted by Crippen LogP contribution is 2.19. The second-order valence-corrected chi connectivity index (χ2v) is 6.57. The zero-order valence-corrected chi connectivity index (χ0v) is 11.6. The Labute approximate surface area is 114 Å². The van der Waals surface area contributed by atoms with E-state index in [0.717, 1.165) is 24.5 Å². The lowest BCUT2D eigenvalue weighted by atomic mass is 10.1. The van der Waals surface area contributed by atoms with E-state index in [0.29, 0.717) is 0 Å². The minimum Gasteiger partial charge on any atom is -0.348 e. The molecule has 0 fully saturated rings. The van der Waals surface area contributed by atoms with Crippen molar-refractivity contribution in [2.45, 2.75) is 13.0 Å². The Morgan fingerprint density at radius 2 is 2.10 bits per heavy atom. The van der Waals surface area contributed by atoms with Crippen LogP contribution in [0, 0.1) is 15.9 Å². The normalized spacial score (nSPS) is 12.8. The molecule has 0 bridgehead atoms. The molecule has 0 saturated heterocycles. The predicted molar refractivity (Wildman–Crippen MR) is 69.7 cm³/mol. The van der Waals surface area contributed by atoms with Crippen molar-refractivity contribution in [2.75, 3.05) is 12.0 Å². The maximum absolute atomic E-state index is 13.1. The van der Waals surface area contributed by atoms with Gasteiger partial charge in [0.05, 0.1) is 10.7 Å². The SMILES string of the molecule is CC(CS(C)(=O)=O)NC(=O)c1cc(F)ccc1[N+](=O)[O-]. The molecule has 1 atom stereocenters. The van der Waals surface area contributed by atoms with Gasteiger partial charge < -0.3 is 5.32 Å². The predicted octanol–water partition coefficient (Wildman–Crippen LogP) is 0.897. The summed E-state index contributed by atoms with van der Waals surface area (Å²) in [6, 6.07) is 1.74. The standard InChI is InChI=1S/C11H13FN2O5S/c1-7(6-20(2,18)19)13-11(15)9-5-8(12)3-4-10(9)14(16)17/h3-5,7H,6H2,1-2H3,(H,13,15). The summed E-state index contributed by atoms with van der Waals surface area (Å²) in [4.78, 5) is 21.8. The molecule has 0 aliphatic carbocycles. The highest BCUT2D eigenvalue weighted by Gasteiger charge is 2.23. The molecular weight excluding hydrogens is 291 g/mol. The van der Waals surface area contributed by atoms with Crippen LogP contribution in [0.1, 0.15) is 17.3 Å². The monoisotopic (exact) mass is 304 g/mol. The van der Waals surface area contributed by atoms with E-state index < -0.39 is 43.8 Å². The highest BCUT2D eigenvalue weighted by molar-refractivity contribution is 7.90. The second-order valence-electron chi connectivity index (χ2n) is 4.39. The lowest BCUT2D eigenvalue weighted by molar-refractivity contribution is -0.385. The Hall–Kier alpha value is -2.03. The summed E-state index contributed by atoms with van der Waals surface area (Å²) >= 11 is 0. The summed E-state index contributed by atoms with van der Waals surface area (Å²) < 4.78 is 35.2. The third-order valence-electron chi connectivity index (χ3n) is 2.33. The van der Waals surface area contributed by atoms with Crippen molar-refractivity contribution < 1.29 is 22.5 Å². The number of nitro benzene ring substituents is 1. The molecule has 0 heterocycles. The molecule has 1 unspecified atom stereocenters. The largest absolute Gasteiger partial charge is 0.348 e. The molecular formula is C11H13FN2O5S. The lowest BCUT2D eigenvalue weighted by Gasteiger charge is -2.12. The van der Waals surface area contributed by atoms with Crippen LogP contribution in [0.3, 0.4) is 0 Å². The Kier molecular flexibility index (Phi) is 4.77. The first-order chi connectivity index (χ1) is 9.10. The van der Waals surface area contributed by atoms with Crippen LogP contribution in [0.15, 0.2) is 18.2 Å². The van der Waals surface area contributed by atoms with Gasteiger partial charge in [0.1, 0.15) is 21.2 Å². The number of hydrogen-bond donors (Lipinski definition) is 1. The van der Waals surface area contributed by atoms with E-state index in [1.165, 1.54) is 6.92 Å². The van der Waals surface area contributed by atoms with Gasteiger partial charge in [0.2, 0.25) is 0 Å². The third kappa shape index (κ3) is 4.57. The number of nitrogens with zero attached hydrogens (tertiary/aromatic N) is 1. The second kappa shape index (κ2) is 5.95. The third-order valence-corrected chi connectivity index (χ3v) is 3.44. The van der Waals surface area contributed by atoms with Gasteiger partial charge in [0, 0.05) is 18.4 Å². The summed E-state index contributed by atoms with van der Waals surface area (Å²) in [5.74, 6) is -2.01. The van der Waals surface area contributed by atoms with Crippen LogP contribution < -0.4 is 5.32 Å². The van der Waals surface area contributed by atoms with Gasteiger partial charge in [-0.2, -0.15) is 0 Å². The van der Waals surface area contributed by atoms with Gasteiger partial charge in [-0.15, -0.1) is 0 Å². The van der Waals surface area contributed by atoms with E-state index in [4.69, 9.17) is 0 Å². The molecule has 9 heteroatoms. The van der Waals surface area contributed by atoms with Crippen molar-refractivity contribution in [3.63, 3.8) is 0 Å². The van der Waals surface area contributed by atoms with E-state index in [1.807, 2.05) is 0 Å². The van der Waals surface area contributed by atoms with Gasteiger partial charge in [-0.3, -0.25) is 14.9 Å². The topological polar surface area (TPSA) is 106 Å². The Bertz CT molecular complexity index is 644. The van der Waals surface area contributed by atoms with Crippen LogP contribution >= 0.6 is 0 Å². The average Bonchev–Trinajstić information content (AvgIpc) is 2.25. The van der Waals surface area contributed by atoms with E-state index in [1.54, 1.807) is 0 Å². The molecule has 0 aromatic heterocycles. The van der Waals surface area contributed by atoms with E-state index in [-0.39, 0.29) is 5.75 Å². The minimum atomic E-state index is -3.31. The van der Waals surface area contributed by atoms with Crippen molar-refractivity contribution in [3.8, 4) is 0 Å². The number of hydrogen-bond acceptors (Lipinski definition) is 5. The average molecular weight is 304 g/mol. The smallest absolute Gasteiger partial charge is 0.282 e. The summed E-state index contributed by atoms with van der Waals surface area (Å²) in [5, 5.41) is 13.0. The summed E-state index contributed by atoms with van der Waals surface area (Å²) in [5.41, 5.74) is -0.995. The zero-order chi connectivity index (χ0) is 15.5. The first-order valence-corrected chi connectivity index (χ1v) is 7.58. The molecule has 0 saturated carbocycles. The molecule has 0 aliphatic rings. The number of nitro groups is 1. The fraction of sp³-hybridized carbons (Fsp3) is 0.364. The first kappa shape index (κ1) is 16.0. The summed E-state index contributed by atoms with van der Waals surface area (Å²) in [6.45, 7) is 1.43. The first-order valence-electron chi connectivity index (χ1n) is 5.52. The molecule has 1 N–H and O–H groups in total. The summed E-state index contributed by atoms with van der Waals surface area (Å²) in [7, 11) is -3.31. The van der Waals surface area contributed by atoms with Crippen LogP contribution in [-0.4, -0.2) is 37.3 Å². The van der Waals surface area contributed by atoms with Crippen LogP contribution in [0.25, 0.3) is 0 Å². The molecule has 0 aliphatic heterocycles. The number of amides is 1. The molecule has 1 aromatic rings. The van der Waals surface area contributed by atoms with Gasteiger partial charge in [-0.25, -0.2) is 12.8 Å². The van der Waals surface area contributed by atoms with Crippen LogP contribution in [0.2, 0.25) is 0 Å². The molecule has 1 aromatic carbocycles. The van der Waals surface area contributed by atoms with Crippen LogP contribution in [-0.2, 0) is 9.84 Å². The molecule has 7 nitrogen and oxygen atoms in total. The minimum absolute atomic E-state index is 0.318. The maximum Gasteiger partial charge on any atom is 0.282 e. The van der Waals surface area contributed by atoms with Gasteiger partial charge in [0.25, 0.3) is 11.6 Å². The highest BCUT2D eigenvalue weighted by atomic mass is 32.2. The molecule has 0 spiro atoms. The van der Waals surface area contributed by atoms with Gasteiger partial charge >= 0.3 is 0 Å². The maximum atomic E-state index is 13.1. The number of carbonyl (C=O) groups excluding carboxylic acids is 1. The van der Waals surface area contributed by atoms with Crippen LogP contribution in [0.4, 0.5) is 10.1 Å². The zero-order valence-electron chi connectivity index (χ0n) is 10.8. The Morgan fingerprint density at radius 3 is 2.60 bits per heavy atom. The van der Waals surface area contributed by atoms with E-state index >= 15 is 0 Å². The Morgan fingerprint density at radius 1 is 1.50 bits per heavy atom. The molecule has 0 radical (unpaired) electrons. The molecule has 1 amide bonds.